The van der Waals surface area contributed by atoms with Crippen molar-refractivity contribution in [3.05, 3.63) is 22.7 Å². The molecule has 1 rings (SSSR count). The molecule has 7 N–H and O–H groups in total. The minimum atomic E-state index is -4.44. The number of carbonyl (C=O) groups is 2. The van der Waals surface area contributed by atoms with Crippen molar-refractivity contribution in [3.8, 4) is 0 Å². The van der Waals surface area contributed by atoms with Gasteiger partial charge in [0.15, 0.2) is 6.04 Å². The fourth-order valence-electron chi connectivity index (χ4n) is 2.45. The fraction of sp³-hybridized carbons (Fsp3) is 0.684. The molecule has 1 aromatic heterocycles. The number of nitrogens with two attached hydrogens (primary N) is 2. The van der Waals surface area contributed by atoms with Gasteiger partial charge in [-0.3, -0.25) is 13.9 Å². The molecule has 0 aromatic carbocycles. The third-order valence-corrected chi connectivity index (χ3v) is 5.42. The predicted octanol–water partition coefficient (Wildman–Crippen LogP) is -1.22. The number of hydrogen-bond donors (Lipinski definition) is 5. The highest BCUT2D eigenvalue weighted by molar-refractivity contribution is 7.52. The van der Waals surface area contributed by atoms with Gasteiger partial charge in [0, 0.05) is 6.20 Å². The smallest absolute Gasteiger partial charge is 0.353 e. The SMILES string of the molecule is CC(C)OC(=O)[C@H](COP(=O)(O)CO[C@H](CO)Cn1ccc(N)nc1=O)NC(=O)[C@H](N)C(C)C. The van der Waals surface area contributed by atoms with Crippen LogP contribution < -0.4 is 22.5 Å². The Kier molecular flexibility index (Phi) is 11.8. The zero-order valence-electron chi connectivity index (χ0n) is 19.6. The molecule has 0 fully saturated rings. The molecule has 4 atom stereocenters. The van der Waals surface area contributed by atoms with Gasteiger partial charge in [-0.05, 0) is 25.8 Å². The van der Waals surface area contributed by atoms with Crippen molar-refractivity contribution in [1.29, 1.82) is 0 Å². The molecule has 0 aliphatic rings. The lowest BCUT2D eigenvalue weighted by Gasteiger charge is -2.24. The van der Waals surface area contributed by atoms with Gasteiger partial charge < -0.3 is 40.8 Å². The highest BCUT2D eigenvalue weighted by atomic mass is 31.2. The van der Waals surface area contributed by atoms with E-state index in [9.17, 15) is 28.9 Å². The van der Waals surface area contributed by atoms with Crippen LogP contribution in [0, 0.1) is 5.92 Å². The van der Waals surface area contributed by atoms with Crippen LogP contribution in [0.1, 0.15) is 27.7 Å². The zero-order chi connectivity index (χ0) is 26.1. The Bertz CT molecular complexity index is 924. The molecule has 15 heteroatoms. The first-order valence-corrected chi connectivity index (χ1v) is 12.3. The van der Waals surface area contributed by atoms with E-state index >= 15 is 0 Å². The van der Waals surface area contributed by atoms with E-state index < -0.39 is 69.0 Å². The lowest BCUT2D eigenvalue weighted by Crippen LogP contribution is -2.52. The highest BCUT2D eigenvalue weighted by Crippen LogP contribution is 2.42. The molecule has 0 aliphatic carbocycles. The average molecular weight is 507 g/mol. The van der Waals surface area contributed by atoms with Crippen molar-refractivity contribution in [2.75, 3.05) is 25.3 Å². The maximum atomic E-state index is 12.4. The van der Waals surface area contributed by atoms with Crippen LogP contribution in [0.2, 0.25) is 0 Å². The van der Waals surface area contributed by atoms with Crippen molar-refractivity contribution >= 4 is 25.3 Å². The van der Waals surface area contributed by atoms with Crippen LogP contribution in [0.15, 0.2) is 17.1 Å². The van der Waals surface area contributed by atoms with Gasteiger partial charge in [0.2, 0.25) is 5.91 Å². The number of amides is 1. The zero-order valence-corrected chi connectivity index (χ0v) is 20.5. The summed E-state index contributed by atoms with van der Waals surface area (Å²) in [5.41, 5.74) is 10.5. The number of esters is 1. The molecule has 0 aliphatic heterocycles. The fourth-order valence-corrected chi connectivity index (χ4v) is 3.30. The first-order chi connectivity index (χ1) is 15.8. The Hall–Kier alpha value is -2.35. The minimum absolute atomic E-state index is 0.0166. The molecule has 1 heterocycles. The summed E-state index contributed by atoms with van der Waals surface area (Å²) in [5.74, 6) is -1.73. The van der Waals surface area contributed by atoms with E-state index in [2.05, 4.69) is 10.3 Å². The van der Waals surface area contributed by atoms with Crippen molar-refractivity contribution in [3.63, 3.8) is 0 Å². The molecule has 0 bridgehead atoms. The van der Waals surface area contributed by atoms with Gasteiger partial charge in [-0.15, -0.1) is 0 Å². The number of nitrogens with one attached hydrogen (secondary N) is 1. The largest absolute Gasteiger partial charge is 0.461 e. The first-order valence-electron chi connectivity index (χ1n) is 10.5. The number of aromatic nitrogens is 2. The average Bonchev–Trinajstić information content (AvgIpc) is 2.74. The van der Waals surface area contributed by atoms with Gasteiger partial charge in [0.1, 0.15) is 12.2 Å². The van der Waals surface area contributed by atoms with E-state index in [4.69, 9.17) is 25.5 Å². The van der Waals surface area contributed by atoms with Crippen LogP contribution in [-0.4, -0.2) is 75.3 Å². The van der Waals surface area contributed by atoms with E-state index in [0.717, 1.165) is 4.57 Å². The summed E-state index contributed by atoms with van der Waals surface area (Å²) < 4.78 is 28.8. The van der Waals surface area contributed by atoms with E-state index in [0.29, 0.717) is 0 Å². The van der Waals surface area contributed by atoms with Crippen LogP contribution in [0.4, 0.5) is 5.82 Å². The van der Waals surface area contributed by atoms with Crippen LogP contribution in [0.3, 0.4) is 0 Å². The monoisotopic (exact) mass is 507 g/mol. The van der Waals surface area contributed by atoms with Gasteiger partial charge in [-0.2, -0.15) is 4.98 Å². The van der Waals surface area contributed by atoms with Crippen molar-refractivity contribution in [2.45, 2.75) is 58.5 Å². The molecule has 14 nitrogen and oxygen atoms in total. The summed E-state index contributed by atoms with van der Waals surface area (Å²) in [4.78, 5) is 50.0. The molecule has 0 saturated carbocycles. The van der Waals surface area contributed by atoms with Crippen molar-refractivity contribution in [2.24, 2.45) is 11.7 Å². The quantitative estimate of drug-likeness (QED) is 0.148. The summed E-state index contributed by atoms with van der Waals surface area (Å²) >= 11 is 0. The molecule has 1 unspecified atom stereocenters. The molecule has 0 saturated heterocycles. The van der Waals surface area contributed by atoms with Crippen LogP contribution in [0.5, 0.6) is 0 Å². The maximum Gasteiger partial charge on any atom is 0.353 e. The van der Waals surface area contributed by atoms with Crippen LogP contribution >= 0.6 is 7.60 Å². The van der Waals surface area contributed by atoms with Crippen molar-refractivity contribution in [1.82, 2.24) is 14.9 Å². The molecule has 0 radical (unpaired) electrons. The Labute approximate surface area is 197 Å². The number of aliphatic hydroxyl groups excluding tert-OH is 1. The summed E-state index contributed by atoms with van der Waals surface area (Å²) in [6, 6.07) is -0.949. The number of carbonyl (C=O) groups excluding carboxylic acids is 2. The molecule has 0 spiro atoms. The number of anilines is 1. The third-order valence-electron chi connectivity index (χ3n) is 4.39. The van der Waals surface area contributed by atoms with Gasteiger partial charge in [-0.25, -0.2) is 9.59 Å². The molecular formula is C19H34N5O9P. The predicted molar refractivity (Wildman–Crippen MR) is 121 cm³/mol. The normalized spacial score (nSPS) is 16.0. The number of aliphatic hydroxyl groups is 1. The number of rotatable bonds is 14. The number of hydrogen-bond acceptors (Lipinski definition) is 11. The molecule has 34 heavy (non-hydrogen) atoms. The Morgan fingerprint density at radius 1 is 1.29 bits per heavy atom. The lowest BCUT2D eigenvalue weighted by molar-refractivity contribution is -0.152. The van der Waals surface area contributed by atoms with Gasteiger partial charge in [-0.1, -0.05) is 13.8 Å². The number of ether oxygens (including phenoxy) is 2. The van der Waals surface area contributed by atoms with E-state index in [1.54, 1.807) is 27.7 Å². The molecule has 1 amide bonds. The Morgan fingerprint density at radius 3 is 2.47 bits per heavy atom. The summed E-state index contributed by atoms with van der Waals surface area (Å²) in [6.45, 7) is 5.18. The minimum Gasteiger partial charge on any atom is -0.461 e. The second-order valence-electron chi connectivity index (χ2n) is 8.14. The van der Waals surface area contributed by atoms with E-state index in [1.807, 2.05) is 0 Å². The van der Waals surface area contributed by atoms with Crippen LogP contribution in [0.25, 0.3) is 0 Å². The topological polar surface area (TPSA) is 218 Å². The van der Waals surface area contributed by atoms with E-state index in [-0.39, 0.29) is 18.3 Å². The van der Waals surface area contributed by atoms with Gasteiger partial charge >= 0.3 is 19.3 Å². The number of nitrogen functional groups attached to an aromatic ring is 1. The molecular weight excluding hydrogens is 473 g/mol. The van der Waals surface area contributed by atoms with Gasteiger partial charge in [0.25, 0.3) is 0 Å². The molecule has 1 aromatic rings. The Morgan fingerprint density at radius 2 is 1.94 bits per heavy atom. The Balaban J connectivity index is 2.77. The molecule has 194 valence electrons. The lowest BCUT2D eigenvalue weighted by atomic mass is 10.0. The second-order valence-corrected chi connectivity index (χ2v) is 9.93. The van der Waals surface area contributed by atoms with E-state index in [1.165, 1.54) is 12.3 Å². The number of nitrogens with zero attached hydrogens (tertiary/aromatic N) is 2. The first kappa shape index (κ1) is 29.7. The summed E-state index contributed by atoms with van der Waals surface area (Å²) in [6.07, 6.45) is -1.08. The maximum absolute atomic E-state index is 12.4. The van der Waals surface area contributed by atoms with Crippen molar-refractivity contribution < 1.29 is 38.2 Å². The summed E-state index contributed by atoms with van der Waals surface area (Å²) in [5, 5.41) is 11.8. The second kappa shape index (κ2) is 13.5. The third kappa shape index (κ3) is 10.3. The summed E-state index contributed by atoms with van der Waals surface area (Å²) in [7, 11) is -4.44. The highest BCUT2D eigenvalue weighted by Gasteiger charge is 2.31. The van der Waals surface area contributed by atoms with Gasteiger partial charge in [0.05, 0.1) is 38.0 Å². The standard InChI is InChI=1S/C19H34N5O9P/c1-11(2)16(21)17(26)22-14(18(27)33-12(3)4)9-32-34(29,30)10-31-13(8-25)7-24-6-5-15(20)23-19(24)28/h5-6,11-14,16,25H,7-10,21H2,1-4H3,(H,22,26)(H,29,30)(H2,20,23,28)/t13-,14-,16+/m0/s1. The van der Waals surface area contributed by atoms with Crippen LogP contribution in [-0.2, 0) is 34.7 Å².